The Morgan fingerprint density at radius 3 is 2.63 bits per heavy atom. The van der Waals surface area contributed by atoms with Gasteiger partial charge in [0.1, 0.15) is 0 Å². The molecule has 1 aliphatic heterocycles. The second-order valence-corrected chi connectivity index (χ2v) is 9.33. The van der Waals surface area contributed by atoms with Crippen molar-refractivity contribution in [1.82, 2.24) is 10.2 Å². The molecule has 8 heteroatoms. The van der Waals surface area contributed by atoms with Crippen LogP contribution in [0.1, 0.15) is 43.8 Å². The van der Waals surface area contributed by atoms with Gasteiger partial charge in [-0.15, -0.1) is 10.2 Å². The number of benzene rings is 2. The van der Waals surface area contributed by atoms with Gasteiger partial charge in [-0.05, 0) is 43.5 Å². The van der Waals surface area contributed by atoms with Crippen molar-refractivity contribution in [2.45, 2.75) is 31.5 Å². The fourth-order valence-electron chi connectivity index (χ4n) is 3.30. The third kappa shape index (κ3) is 4.20. The zero-order chi connectivity index (χ0) is 21.3. The highest BCUT2D eigenvalue weighted by molar-refractivity contribution is 8.01. The van der Waals surface area contributed by atoms with Crippen LogP contribution >= 0.6 is 23.1 Å². The molecule has 2 heterocycles. The van der Waals surface area contributed by atoms with Gasteiger partial charge in [-0.25, -0.2) is 0 Å². The van der Waals surface area contributed by atoms with Crippen molar-refractivity contribution in [2.75, 3.05) is 11.1 Å². The number of Topliss-reactive ketones (excluding diaryl/α,β-unsaturated/α-hetero) is 1. The van der Waals surface area contributed by atoms with Gasteiger partial charge in [0.25, 0.3) is 5.91 Å². The topological polar surface area (TPSA) is 84.3 Å². The SMILES string of the molecule is Cc1ccccc1C(=O)Nc1nnc(SCC2=Nc3c(C)ccc(C)c3C(=O)C2)s1. The molecule has 0 saturated heterocycles. The first-order valence-corrected chi connectivity index (χ1v) is 11.3. The third-order valence-corrected chi connectivity index (χ3v) is 6.92. The molecule has 0 radical (unpaired) electrons. The predicted molar refractivity (Wildman–Crippen MR) is 122 cm³/mol. The van der Waals surface area contributed by atoms with E-state index in [-0.39, 0.29) is 11.7 Å². The maximum atomic E-state index is 12.6. The molecule has 0 bridgehead atoms. The molecule has 0 fully saturated rings. The number of hydrogen-bond donors (Lipinski definition) is 1. The molecule has 0 spiro atoms. The Hall–Kier alpha value is -2.84. The van der Waals surface area contributed by atoms with Crippen LogP contribution in [0.2, 0.25) is 0 Å². The van der Waals surface area contributed by atoms with Crippen molar-refractivity contribution >= 4 is 51.3 Å². The Balaban J connectivity index is 1.43. The average Bonchev–Trinajstić information content (AvgIpc) is 3.16. The van der Waals surface area contributed by atoms with E-state index in [9.17, 15) is 9.59 Å². The van der Waals surface area contributed by atoms with Gasteiger partial charge in [0.05, 0.1) is 12.1 Å². The zero-order valence-electron chi connectivity index (χ0n) is 16.9. The van der Waals surface area contributed by atoms with E-state index < -0.39 is 0 Å². The highest BCUT2D eigenvalue weighted by atomic mass is 32.2. The van der Waals surface area contributed by atoms with E-state index in [1.165, 1.54) is 23.1 Å². The third-order valence-electron chi connectivity index (χ3n) is 4.88. The molecule has 30 heavy (non-hydrogen) atoms. The molecular weight excluding hydrogens is 416 g/mol. The van der Waals surface area contributed by atoms with Gasteiger partial charge in [0, 0.05) is 22.6 Å². The van der Waals surface area contributed by atoms with E-state index in [1.54, 1.807) is 6.07 Å². The van der Waals surface area contributed by atoms with Crippen molar-refractivity contribution in [3.05, 3.63) is 64.2 Å². The van der Waals surface area contributed by atoms with Crippen molar-refractivity contribution in [1.29, 1.82) is 0 Å². The van der Waals surface area contributed by atoms with Crippen LogP contribution in [0.3, 0.4) is 0 Å². The Morgan fingerprint density at radius 2 is 1.83 bits per heavy atom. The second-order valence-electron chi connectivity index (χ2n) is 7.13. The van der Waals surface area contributed by atoms with E-state index in [4.69, 9.17) is 4.99 Å². The molecule has 0 unspecified atom stereocenters. The highest BCUT2D eigenvalue weighted by Crippen LogP contribution is 2.34. The molecule has 1 N–H and O–H groups in total. The largest absolute Gasteiger partial charge is 0.296 e. The average molecular weight is 437 g/mol. The summed E-state index contributed by atoms with van der Waals surface area (Å²) in [6.45, 7) is 5.81. The maximum Gasteiger partial charge on any atom is 0.257 e. The standard InChI is InChI=1S/C22H20N4O2S2/c1-12-6-4-5-7-16(12)20(28)24-21-25-26-22(30-21)29-11-15-10-17(27)18-13(2)8-9-14(3)19(18)23-15/h4-9H,10-11H2,1-3H3,(H,24,25,28). The minimum absolute atomic E-state index is 0.111. The Kier molecular flexibility index (Phi) is 5.78. The summed E-state index contributed by atoms with van der Waals surface area (Å²) in [5.41, 5.74) is 5.83. The number of rotatable bonds is 5. The molecule has 3 aromatic rings. The van der Waals surface area contributed by atoms with E-state index in [2.05, 4.69) is 15.5 Å². The molecule has 1 aliphatic rings. The van der Waals surface area contributed by atoms with Crippen LogP contribution in [-0.4, -0.2) is 33.4 Å². The molecule has 6 nitrogen and oxygen atoms in total. The fourth-order valence-corrected chi connectivity index (χ4v) is 4.98. The van der Waals surface area contributed by atoms with Crippen molar-refractivity contribution in [3.63, 3.8) is 0 Å². The number of ketones is 1. The van der Waals surface area contributed by atoms with E-state index >= 15 is 0 Å². The summed E-state index contributed by atoms with van der Waals surface area (Å²) in [5, 5.41) is 11.5. The number of hydrogen-bond acceptors (Lipinski definition) is 7. The molecule has 2 aromatic carbocycles. The minimum Gasteiger partial charge on any atom is -0.296 e. The van der Waals surface area contributed by atoms with E-state index in [0.717, 1.165) is 38.0 Å². The summed E-state index contributed by atoms with van der Waals surface area (Å²) in [6, 6.07) is 11.4. The maximum absolute atomic E-state index is 12.6. The number of aromatic nitrogens is 2. The normalized spacial score (nSPS) is 13.0. The number of carbonyl (C=O) groups is 2. The van der Waals surface area contributed by atoms with Crippen molar-refractivity contribution in [2.24, 2.45) is 4.99 Å². The van der Waals surface area contributed by atoms with Crippen LogP contribution in [0.15, 0.2) is 45.7 Å². The first kappa shape index (κ1) is 20.4. The van der Waals surface area contributed by atoms with Crippen LogP contribution in [0.4, 0.5) is 10.8 Å². The molecule has 0 saturated carbocycles. The molecule has 1 amide bonds. The first-order valence-electron chi connectivity index (χ1n) is 9.45. The molecule has 1 aromatic heterocycles. The smallest absolute Gasteiger partial charge is 0.257 e. The monoisotopic (exact) mass is 436 g/mol. The zero-order valence-corrected chi connectivity index (χ0v) is 18.5. The highest BCUT2D eigenvalue weighted by Gasteiger charge is 2.23. The summed E-state index contributed by atoms with van der Waals surface area (Å²) >= 11 is 2.78. The number of thioether (sulfide) groups is 1. The summed E-state index contributed by atoms with van der Waals surface area (Å²) in [4.78, 5) is 29.8. The van der Waals surface area contributed by atoms with Crippen LogP contribution in [0, 0.1) is 20.8 Å². The van der Waals surface area contributed by atoms with Gasteiger partial charge >= 0.3 is 0 Å². The van der Waals surface area contributed by atoms with Crippen LogP contribution < -0.4 is 5.32 Å². The Bertz CT molecular complexity index is 1180. The number of fused-ring (bicyclic) bond motifs is 1. The summed E-state index contributed by atoms with van der Waals surface area (Å²) in [6.07, 6.45) is 0.319. The molecular formula is C22H20N4O2S2. The summed E-state index contributed by atoms with van der Waals surface area (Å²) in [7, 11) is 0. The van der Waals surface area contributed by atoms with Crippen molar-refractivity contribution < 1.29 is 9.59 Å². The number of nitrogens with one attached hydrogen (secondary N) is 1. The number of aliphatic imine (C=N–C) groups is 1. The lowest BCUT2D eigenvalue weighted by Gasteiger charge is -2.18. The number of aryl methyl sites for hydroxylation is 3. The lowest BCUT2D eigenvalue weighted by atomic mass is 9.94. The fraction of sp³-hybridized carbons (Fsp3) is 0.227. The van der Waals surface area contributed by atoms with Gasteiger partial charge in [-0.2, -0.15) is 0 Å². The number of carbonyl (C=O) groups excluding carboxylic acids is 2. The van der Waals surface area contributed by atoms with Gasteiger partial charge in [-0.3, -0.25) is 19.9 Å². The van der Waals surface area contributed by atoms with Crippen LogP contribution in [0.5, 0.6) is 0 Å². The van der Waals surface area contributed by atoms with E-state index in [0.29, 0.717) is 22.9 Å². The number of amides is 1. The van der Waals surface area contributed by atoms with Gasteiger partial charge in [0.15, 0.2) is 10.1 Å². The lowest BCUT2D eigenvalue weighted by molar-refractivity contribution is 0.0996. The van der Waals surface area contributed by atoms with Gasteiger partial charge < -0.3 is 0 Å². The molecule has 0 aliphatic carbocycles. The second kappa shape index (κ2) is 8.49. The Morgan fingerprint density at radius 1 is 1.07 bits per heavy atom. The quantitative estimate of drug-likeness (QED) is 0.441. The van der Waals surface area contributed by atoms with Crippen molar-refractivity contribution in [3.8, 4) is 0 Å². The summed E-state index contributed by atoms with van der Waals surface area (Å²) in [5.74, 6) is 0.463. The number of anilines is 1. The molecule has 152 valence electrons. The van der Waals surface area contributed by atoms with Gasteiger partial charge in [0.2, 0.25) is 5.13 Å². The number of nitrogens with zero attached hydrogens (tertiary/aromatic N) is 3. The predicted octanol–water partition coefficient (Wildman–Crippen LogP) is 5.17. The van der Waals surface area contributed by atoms with Crippen LogP contribution in [-0.2, 0) is 0 Å². The first-order chi connectivity index (χ1) is 14.4. The van der Waals surface area contributed by atoms with Crippen LogP contribution in [0.25, 0.3) is 0 Å². The molecule has 4 rings (SSSR count). The Labute approximate surface area is 182 Å². The molecule has 0 atom stereocenters. The lowest BCUT2D eigenvalue weighted by Crippen LogP contribution is -2.17. The summed E-state index contributed by atoms with van der Waals surface area (Å²) < 4.78 is 0.719. The van der Waals surface area contributed by atoms with E-state index in [1.807, 2.05) is 51.1 Å². The van der Waals surface area contributed by atoms with Gasteiger partial charge in [-0.1, -0.05) is 53.4 Å². The minimum atomic E-state index is -0.203.